The molecule has 1 aromatic carbocycles. The van der Waals surface area contributed by atoms with Crippen LogP contribution in [0.3, 0.4) is 0 Å². The molecule has 1 atom stereocenters. The Labute approximate surface area is 105 Å². The molecule has 0 radical (unpaired) electrons. The Balaban J connectivity index is 2.23. The smallest absolute Gasteiger partial charge is 0.0230 e. The van der Waals surface area contributed by atoms with Crippen molar-refractivity contribution in [1.82, 2.24) is 4.90 Å². The molecule has 16 heavy (non-hydrogen) atoms. The second-order valence-electron chi connectivity index (χ2n) is 4.63. The number of hydrogen-bond acceptors (Lipinski definition) is 2. The van der Waals surface area contributed by atoms with Gasteiger partial charge in [-0.2, -0.15) is 12.6 Å². The van der Waals surface area contributed by atoms with Crippen LogP contribution in [0.5, 0.6) is 0 Å². The standard InChI is InChI=1S/C14H23NS/c1-13(9-11-16)8-10-15(2)12-14-6-4-3-5-7-14/h3-7,13,16H,8-12H2,1-2H3. The van der Waals surface area contributed by atoms with E-state index in [2.05, 4.69) is 61.8 Å². The first-order chi connectivity index (χ1) is 7.72. The largest absolute Gasteiger partial charge is 0.302 e. The van der Waals surface area contributed by atoms with Gasteiger partial charge in [-0.05, 0) is 43.7 Å². The topological polar surface area (TPSA) is 3.24 Å². The van der Waals surface area contributed by atoms with Crippen molar-refractivity contribution in [2.75, 3.05) is 19.3 Å². The fraction of sp³-hybridized carbons (Fsp3) is 0.571. The van der Waals surface area contributed by atoms with E-state index in [9.17, 15) is 0 Å². The summed E-state index contributed by atoms with van der Waals surface area (Å²) in [5.41, 5.74) is 1.40. The van der Waals surface area contributed by atoms with E-state index in [1.54, 1.807) is 0 Å². The third-order valence-corrected chi connectivity index (χ3v) is 3.18. The van der Waals surface area contributed by atoms with Gasteiger partial charge in [-0.25, -0.2) is 0 Å². The van der Waals surface area contributed by atoms with Gasteiger partial charge < -0.3 is 4.90 Å². The Morgan fingerprint density at radius 2 is 1.88 bits per heavy atom. The predicted molar refractivity (Wildman–Crippen MR) is 75.0 cm³/mol. The quantitative estimate of drug-likeness (QED) is 0.711. The predicted octanol–water partition coefficient (Wildman–Crippen LogP) is 3.46. The van der Waals surface area contributed by atoms with Crippen molar-refractivity contribution < 1.29 is 0 Å². The van der Waals surface area contributed by atoms with Crippen molar-refractivity contribution >= 4 is 12.6 Å². The summed E-state index contributed by atoms with van der Waals surface area (Å²) < 4.78 is 0. The number of thiol groups is 1. The first kappa shape index (κ1) is 13.6. The maximum absolute atomic E-state index is 4.27. The summed E-state index contributed by atoms with van der Waals surface area (Å²) in [7, 11) is 2.19. The van der Waals surface area contributed by atoms with Gasteiger partial charge >= 0.3 is 0 Å². The van der Waals surface area contributed by atoms with Gasteiger partial charge in [0.1, 0.15) is 0 Å². The van der Waals surface area contributed by atoms with Crippen LogP contribution < -0.4 is 0 Å². The monoisotopic (exact) mass is 237 g/mol. The lowest BCUT2D eigenvalue weighted by molar-refractivity contribution is 0.297. The molecule has 0 fully saturated rings. The SMILES string of the molecule is CC(CCS)CCN(C)Cc1ccccc1. The lowest BCUT2D eigenvalue weighted by Gasteiger charge is -2.19. The molecule has 0 heterocycles. The lowest BCUT2D eigenvalue weighted by atomic mass is 10.0. The fourth-order valence-corrected chi connectivity index (χ4v) is 2.22. The average Bonchev–Trinajstić information content (AvgIpc) is 2.28. The molecule has 1 nitrogen and oxygen atoms in total. The highest BCUT2D eigenvalue weighted by molar-refractivity contribution is 7.80. The van der Waals surface area contributed by atoms with E-state index >= 15 is 0 Å². The highest BCUT2D eigenvalue weighted by Crippen LogP contribution is 2.10. The van der Waals surface area contributed by atoms with Gasteiger partial charge in [0.05, 0.1) is 0 Å². The van der Waals surface area contributed by atoms with Gasteiger partial charge in [0.2, 0.25) is 0 Å². The Bertz CT molecular complexity index is 273. The van der Waals surface area contributed by atoms with Crippen LogP contribution in [0.1, 0.15) is 25.3 Å². The Morgan fingerprint density at radius 3 is 2.50 bits per heavy atom. The molecule has 0 aliphatic heterocycles. The highest BCUT2D eigenvalue weighted by atomic mass is 32.1. The molecule has 0 spiro atoms. The van der Waals surface area contributed by atoms with E-state index in [0.29, 0.717) is 0 Å². The van der Waals surface area contributed by atoms with Crippen LogP contribution in [0.2, 0.25) is 0 Å². The molecule has 0 aliphatic rings. The maximum atomic E-state index is 4.27. The van der Waals surface area contributed by atoms with Crippen LogP contribution in [0.15, 0.2) is 30.3 Å². The van der Waals surface area contributed by atoms with Gasteiger partial charge in [-0.1, -0.05) is 37.3 Å². The molecule has 90 valence electrons. The Morgan fingerprint density at radius 1 is 1.19 bits per heavy atom. The zero-order chi connectivity index (χ0) is 11.8. The van der Waals surface area contributed by atoms with E-state index in [0.717, 1.165) is 18.2 Å². The summed E-state index contributed by atoms with van der Waals surface area (Å²) in [5.74, 6) is 1.79. The number of nitrogens with zero attached hydrogens (tertiary/aromatic N) is 1. The number of hydrogen-bond donors (Lipinski definition) is 1. The molecule has 2 heteroatoms. The summed E-state index contributed by atoms with van der Waals surface area (Å²) in [4.78, 5) is 2.39. The molecule has 0 saturated heterocycles. The first-order valence-electron chi connectivity index (χ1n) is 6.05. The number of benzene rings is 1. The molecule has 1 rings (SSSR count). The van der Waals surface area contributed by atoms with Gasteiger partial charge in [-0.3, -0.25) is 0 Å². The molecular weight excluding hydrogens is 214 g/mol. The maximum Gasteiger partial charge on any atom is 0.0230 e. The molecule has 1 aromatic rings. The normalized spacial score (nSPS) is 13.0. The van der Waals surface area contributed by atoms with E-state index in [1.807, 2.05) is 0 Å². The van der Waals surface area contributed by atoms with Crippen molar-refractivity contribution in [3.05, 3.63) is 35.9 Å². The van der Waals surface area contributed by atoms with Crippen molar-refractivity contribution in [1.29, 1.82) is 0 Å². The van der Waals surface area contributed by atoms with Crippen molar-refractivity contribution in [2.24, 2.45) is 5.92 Å². The minimum Gasteiger partial charge on any atom is -0.302 e. The minimum atomic E-state index is 0.788. The summed E-state index contributed by atoms with van der Waals surface area (Å²) in [6.45, 7) is 4.53. The van der Waals surface area contributed by atoms with Crippen molar-refractivity contribution in [3.63, 3.8) is 0 Å². The summed E-state index contributed by atoms with van der Waals surface area (Å²) in [6.07, 6.45) is 2.49. The van der Waals surface area contributed by atoms with Crippen LogP contribution in [0.25, 0.3) is 0 Å². The summed E-state index contributed by atoms with van der Waals surface area (Å²) in [5, 5.41) is 0. The van der Waals surface area contributed by atoms with Gasteiger partial charge in [0.15, 0.2) is 0 Å². The van der Waals surface area contributed by atoms with Crippen LogP contribution in [0, 0.1) is 5.92 Å². The molecule has 0 aliphatic carbocycles. The molecule has 0 N–H and O–H groups in total. The lowest BCUT2D eigenvalue weighted by Crippen LogP contribution is -2.20. The zero-order valence-corrected chi connectivity index (χ0v) is 11.3. The van der Waals surface area contributed by atoms with Crippen LogP contribution >= 0.6 is 12.6 Å². The Hall–Kier alpha value is -0.470. The number of rotatable bonds is 7. The average molecular weight is 237 g/mol. The van der Waals surface area contributed by atoms with Crippen molar-refractivity contribution in [3.8, 4) is 0 Å². The van der Waals surface area contributed by atoms with Crippen LogP contribution in [-0.4, -0.2) is 24.2 Å². The second-order valence-corrected chi connectivity index (χ2v) is 5.08. The van der Waals surface area contributed by atoms with Gasteiger partial charge in [0.25, 0.3) is 0 Å². The summed E-state index contributed by atoms with van der Waals surface area (Å²) in [6, 6.07) is 10.7. The molecule has 0 amide bonds. The summed E-state index contributed by atoms with van der Waals surface area (Å²) >= 11 is 4.27. The molecule has 0 aromatic heterocycles. The van der Waals surface area contributed by atoms with E-state index in [4.69, 9.17) is 0 Å². The Kier molecular flexibility index (Phi) is 6.58. The third-order valence-electron chi connectivity index (χ3n) is 2.92. The minimum absolute atomic E-state index is 0.788. The van der Waals surface area contributed by atoms with Crippen LogP contribution in [-0.2, 0) is 6.54 Å². The molecule has 1 unspecified atom stereocenters. The van der Waals surface area contributed by atoms with E-state index in [-0.39, 0.29) is 0 Å². The third kappa shape index (κ3) is 5.57. The van der Waals surface area contributed by atoms with Crippen LogP contribution in [0.4, 0.5) is 0 Å². The molecular formula is C14H23NS. The van der Waals surface area contributed by atoms with Crippen molar-refractivity contribution in [2.45, 2.75) is 26.3 Å². The zero-order valence-electron chi connectivity index (χ0n) is 10.4. The van der Waals surface area contributed by atoms with Gasteiger partial charge in [-0.15, -0.1) is 0 Å². The molecule has 0 bridgehead atoms. The van der Waals surface area contributed by atoms with E-state index < -0.39 is 0 Å². The van der Waals surface area contributed by atoms with E-state index in [1.165, 1.54) is 24.9 Å². The fourth-order valence-electron chi connectivity index (χ4n) is 1.78. The molecule has 0 saturated carbocycles. The first-order valence-corrected chi connectivity index (χ1v) is 6.69. The highest BCUT2D eigenvalue weighted by Gasteiger charge is 2.04. The van der Waals surface area contributed by atoms with Gasteiger partial charge in [0, 0.05) is 6.54 Å². The second kappa shape index (κ2) is 7.75.